The number of anilines is 1. The average Bonchev–Trinajstić information content (AvgIpc) is 3.38. The number of guanidine groups is 1. The van der Waals surface area contributed by atoms with E-state index in [9.17, 15) is 9.59 Å². The van der Waals surface area contributed by atoms with Gasteiger partial charge in [0, 0.05) is 43.8 Å². The van der Waals surface area contributed by atoms with Crippen LogP contribution in [0.25, 0.3) is 0 Å². The molecule has 6 rings (SSSR count). The number of benzene rings is 1. The molecule has 10 nitrogen and oxygen atoms in total. The molecule has 1 saturated heterocycles. The zero-order valence-corrected chi connectivity index (χ0v) is 24.5. The van der Waals surface area contributed by atoms with Crippen molar-refractivity contribution in [1.82, 2.24) is 31.0 Å². The SMILES string of the molecule is CCc1cccc(CC)c1NC(=O)C1=C2CCC3=CNC(=NC4CCN(C(=O)c5ccccn5)CC4)NC3=C2N(C)N1. The number of hydrogen-bond acceptors (Lipinski definition) is 6. The molecule has 1 aromatic heterocycles. The van der Waals surface area contributed by atoms with Gasteiger partial charge >= 0.3 is 0 Å². The standard InChI is InChI=1S/C32H38N8O2/c1-4-20-9-8-10-21(5-2)26(20)36-30(41)28-24-13-12-22-19-34-32(37-27(22)29(24)39(3)38-28)35-23-14-17-40(18-15-23)31(42)25-11-6-7-16-33-25/h6-11,16,19,23,38H,4-5,12-15,17-18H2,1-3H3,(H,36,41)(H2,34,35,37). The number of aliphatic imine (C=N–C) groups is 1. The number of nitrogens with zero attached hydrogens (tertiary/aromatic N) is 4. The number of allylic oxidation sites excluding steroid dienone is 2. The highest BCUT2D eigenvalue weighted by Gasteiger charge is 2.36. The molecule has 4 heterocycles. The molecule has 1 fully saturated rings. The monoisotopic (exact) mass is 566 g/mol. The molecule has 4 N–H and O–H groups in total. The molecule has 3 aliphatic heterocycles. The van der Waals surface area contributed by atoms with Crippen LogP contribution in [0.15, 0.2) is 82.0 Å². The molecule has 1 aliphatic carbocycles. The highest BCUT2D eigenvalue weighted by molar-refractivity contribution is 6.06. The number of piperidine rings is 1. The lowest BCUT2D eigenvalue weighted by molar-refractivity contribution is -0.113. The Morgan fingerprint density at radius 2 is 1.81 bits per heavy atom. The number of hydrazine groups is 1. The second kappa shape index (κ2) is 11.7. The van der Waals surface area contributed by atoms with Crippen molar-refractivity contribution in [1.29, 1.82) is 0 Å². The van der Waals surface area contributed by atoms with E-state index in [1.165, 1.54) is 0 Å². The maximum atomic E-state index is 13.6. The second-order valence-electron chi connectivity index (χ2n) is 11.0. The second-order valence-corrected chi connectivity index (χ2v) is 11.0. The van der Waals surface area contributed by atoms with Crippen molar-refractivity contribution in [2.24, 2.45) is 4.99 Å². The number of hydrogen-bond donors (Lipinski definition) is 4. The van der Waals surface area contributed by atoms with E-state index in [1.54, 1.807) is 12.3 Å². The number of likely N-dealkylation sites (tertiary alicyclic amines) is 1. The number of aryl methyl sites for hydroxylation is 2. The molecule has 2 aromatic rings. The predicted octanol–water partition coefficient (Wildman–Crippen LogP) is 3.59. The summed E-state index contributed by atoms with van der Waals surface area (Å²) in [4.78, 5) is 37.4. The average molecular weight is 567 g/mol. The van der Waals surface area contributed by atoms with Crippen LogP contribution < -0.4 is 21.4 Å². The number of aromatic nitrogens is 1. The van der Waals surface area contributed by atoms with E-state index in [-0.39, 0.29) is 17.9 Å². The van der Waals surface area contributed by atoms with Crippen LogP contribution in [0.3, 0.4) is 0 Å². The Morgan fingerprint density at radius 1 is 1.05 bits per heavy atom. The van der Waals surface area contributed by atoms with Gasteiger partial charge in [-0.1, -0.05) is 38.1 Å². The zero-order valence-electron chi connectivity index (χ0n) is 24.5. The van der Waals surface area contributed by atoms with E-state index < -0.39 is 0 Å². The molecule has 0 unspecified atom stereocenters. The molecule has 0 spiro atoms. The minimum absolute atomic E-state index is 0.0302. The number of carbonyl (C=O) groups excluding carboxylic acids is 2. The van der Waals surface area contributed by atoms with Gasteiger partial charge in [-0.3, -0.25) is 25.0 Å². The van der Waals surface area contributed by atoms with Gasteiger partial charge in [0.05, 0.1) is 17.4 Å². The molecule has 10 heteroatoms. The first kappa shape index (κ1) is 27.6. The highest BCUT2D eigenvalue weighted by Crippen LogP contribution is 2.39. The lowest BCUT2D eigenvalue weighted by atomic mass is 9.90. The minimum Gasteiger partial charge on any atom is -0.337 e. The largest absolute Gasteiger partial charge is 0.337 e. The maximum Gasteiger partial charge on any atom is 0.273 e. The van der Waals surface area contributed by atoms with E-state index in [1.807, 2.05) is 35.3 Å². The van der Waals surface area contributed by atoms with Crippen LogP contribution in [0.1, 0.15) is 61.1 Å². The Hall–Kier alpha value is -4.60. The van der Waals surface area contributed by atoms with E-state index in [4.69, 9.17) is 4.99 Å². The van der Waals surface area contributed by atoms with Gasteiger partial charge in [-0.2, -0.15) is 0 Å². The van der Waals surface area contributed by atoms with E-state index in [0.29, 0.717) is 30.4 Å². The van der Waals surface area contributed by atoms with Gasteiger partial charge < -0.3 is 20.9 Å². The van der Waals surface area contributed by atoms with Crippen LogP contribution in [-0.4, -0.2) is 58.8 Å². The fraction of sp³-hybridized carbons (Fsp3) is 0.375. The van der Waals surface area contributed by atoms with Gasteiger partial charge in [0.2, 0.25) is 0 Å². The van der Waals surface area contributed by atoms with Crippen molar-refractivity contribution in [3.63, 3.8) is 0 Å². The van der Waals surface area contributed by atoms with Crippen molar-refractivity contribution in [3.8, 4) is 0 Å². The number of nitrogens with one attached hydrogen (secondary N) is 4. The molecule has 42 heavy (non-hydrogen) atoms. The molecule has 0 radical (unpaired) electrons. The summed E-state index contributed by atoms with van der Waals surface area (Å²) in [6.45, 7) is 5.51. The highest BCUT2D eigenvalue weighted by atomic mass is 16.2. The number of rotatable bonds is 6. The molecule has 0 saturated carbocycles. The normalized spacial score (nSPS) is 19.5. The molecular weight excluding hydrogens is 528 g/mol. The summed E-state index contributed by atoms with van der Waals surface area (Å²) in [6.07, 6.45) is 8.51. The first-order valence-corrected chi connectivity index (χ1v) is 14.9. The van der Waals surface area contributed by atoms with Crippen molar-refractivity contribution >= 4 is 23.5 Å². The molecule has 4 aliphatic rings. The predicted molar refractivity (Wildman–Crippen MR) is 163 cm³/mol. The van der Waals surface area contributed by atoms with Gasteiger partial charge in [0.15, 0.2) is 5.96 Å². The van der Waals surface area contributed by atoms with E-state index in [0.717, 1.165) is 77.9 Å². The number of likely N-dealkylation sites (N-methyl/N-ethyl adjacent to an activating group) is 1. The van der Waals surface area contributed by atoms with Gasteiger partial charge in [0.1, 0.15) is 11.4 Å². The summed E-state index contributed by atoms with van der Waals surface area (Å²) in [5, 5.41) is 12.0. The van der Waals surface area contributed by atoms with E-state index in [2.05, 4.69) is 58.4 Å². The number of amides is 2. The third-order valence-electron chi connectivity index (χ3n) is 8.44. The van der Waals surface area contributed by atoms with Crippen LogP contribution in [0.4, 0.5) is 5.69 Å². The Labute approximate surface area is 246 Å². The quantitative estimate of drug-likeness (QED) is 0.423. The summed E-state index contributed by atoms with van der Waals surface area (Å²) in [5.74, 6) is 0.537. The smallest absolute Gasteiger partial charge is 0.273 e. The van der Waals surface area contributed by atoms with Crippen LogP contribution in [0.5, 0.6) is 0 Å². The first-order valence-electron chi connectivity index (χ1n) is 14.9. The molecule has 218 valence electrons. The van der Waals surface area contributed by atoms with Gasteiger partial charge in [-0.25, -0.2) is 4.99 Å². The fourth-order valence-corrected chi connectivity index (χ4v) is 6.17. The Kier molecular flexibility index (Phi) is 7.69. The first-order chi connectivity index (χ1) is 20.5. The van der Waals surface area contributed by atoms with Crippen LogP contribution in [0, 0.1) is 0 Å². The lowest BCUT2D eigenvalue weighted by Gasteiger charge is -2.32. The topological polar surface area (TPSA) is 114 Å². The molecule has 1 aromatic carbocycles. The number of fused-ring (bicyclic) bond motifs is 2. The van der Waals surface area contributed by atoms with Crippen molar-refractivity contribution in [3.05, 3.63) is 93.9 Å². The van der Waals surface area contributed by atoms with Gasteiger partial charge in [0.25, 0.3) is 11.8 Å². The minimum atomic E-state index is -0.120. The van der Waals surface area contributed by atoms with Crippen molar-refractivity contribution in [2.75, 3.05) is 25.5 Å². The number of para-hydroxylation sites is 1. The molecule has 0 atom stereocenters. The van der Waals surface area contributed by atoms with Gasteiger partial charge in [-0.05, 0) is 67.4 Å². The number of carbonyl (C=O) groups is 2. The molecule has 0 bridgehead atoms. The fourth-order valence-electron chi connectivity index (χ4n) is 6.17. The Bertz CT molecular complexity index is 1490. The summed E-state index contributed by atoms with van der Waals surface area (Å²) < 4.78 is 0. The van der Waals surface area contributed by atoms with Crippen LogP contribution in [0.2, 0.25) is 0 Å². The van der Waals surface area contributed by atoms with Crippen LogP contribution >= 0.6 is 0 Å². The zero-order chi connectivity index (χ0) is 29.2. The third kappa shape index (κ3) is 5.24. The van der Waals surface area contributed by atoms with Crippen LogP contribution in [-0.2, 0) is 17.6 Å². The van der Waals surface area contributed by atoms with E-state index >= 15 is 0 Å². The van der Waals surface area contributed by atoms with Crippen molar-refractivity contribution in [2.45, 2.75) is 58.4 Å². The number of pyridine rings is 1. The summed E-state index contributed by atoms with van der Waals surface area (Å²) >= 11 is 0. The Balaban J connectivity index is 1.18. The summed E-state index contributed by atoms with van der Waals surface area (Å²) in [7, 11) is 1.94. The lowest BCUT2D eigenvalue weighted by Crippen LogP contribution is -2.44. The molecule has 2 amide bonds. The summed E-state index contributed by atoms with van der Waals surface area (Å²) in [6, 6.07) is 11.7. The Morgan fingerprint density at radius 3 is 2.50 bits per heavy atom. The van der Waals surface area contributed by atoms with Gasteiger partial charge in [-0.15, -0.1) is 0 Å². The molecular formula is C32H38N8O2. The third-order valence-corrected chi connectivity index (χ3v) is 8.44. The summed E-state index contributed by atoms with van der Waals surface area (Å²) in [5.41, 5.74) is 11.7. The van der Waals surface area contributed by atoms with Crippen molar-refractivity contribution < 1.29 is 9.59 Å². The maximum absolute atomic E-state index is 13.6.